The first-order valence-corrected chi connectivity index (χ1v) is 10.5. The number of methoxy groups -OCH3 is 2. The monoisotopic (exact) mass is 417 g/mol. The summed E-state index contributed by atoms with van der Waals surface area (Å²) < 4.78 is 11.0. The number of aliphatic hydroxyl groups is 1. The van der Waals surface area contributed by atoms with Crippen molar-refractivity contribution in [3.05, 3.63) is 58.3 Å². The Morgan fingerprint density at radius 2 is 2.10 bits per heavy atom. The van der Waals surface area contributed by atoms with Crippen LogP contribution in [-0.2, 0) is 18.6 Å². The van der Waals surface area contributed by atoms with Gasteiger partial charge in [0.1, 0.15) is 5.60 Å². The highest BCUT2D eigenvalue weighted by Gasteiger charge is 2.24. The van der Waals surface area contributed by atoms with Crippen molar-refractivity contribution < 1.29 is 14.6 Å². The highest BCUT2D eigenvalue weighted by atomic mass is 32.1. The maximum Gasteiger partial charge on any atom is 0.191 e. The molecule has 3 N–H and O–H groups in total. The summed E-state index contributed by atoms with van der Waals surface area (Å²) in [4.78, 5) is 5.58. The lowest BCUT2D eigenvalue weighted by molar-refractivity contribution is 0.0655. The van der Waals surface area contributed by atoms with Gasteiger partial charge in [-0.05, 0) is 49.4 Å². The minimum absolute atomic E-state index is 0.354. The van der Waals surface area contributed by atoms with Crippen molar-refractivity contribution in [1.82, 2.24) is 10.6 Å². The number of ether oxygens (including phenoxy) is 2. The van der Waals surface area contributed by atoms with Crippen LogP contribution in [0.2, 0.25) is 0 Å². The molecule has 1 atom stereocenters. The fraction of sp³-hybridized carbons (Fsp3) is 0.409. The quantitative estimate of drug-likeness (QED) is 0.314. The SMILES string of the molecule is C=CCc1cc(CN=C(NCC)NCC(C)(O)c2cccs2)cc(OC)c1OC. The molecular weight excluding hydrogens is 386 g/mol. The lowest BCUT2D eigenvalue weighted by Gasteiger charge is -2.23. The third kappa shape index (κ3) is 6.24. The normalized spacial score (nSPS) is 13.5. The first kappa shape index (κ1) is 22.8. The predicted octanol–water partition coefficient (Wildman–Crippen LogP) is 3.46. The number of nitrogens with zero attached hydrogens (tertiary/aromatic N) is 1. The molecule has 0 aliphatic carbocycles. The number of thiophene rings is 1. The highest BCUT2D eigenvalue weighted by Crippen LogP contribution is 2.33. The van der Waals surface area contributed by atoms with Crippen molar-refractivity contribution in [2.45, 2.75) is 32.4 Å². The topological polar surface area (TPSA) is 75.1 Å². The lowest BCUT2D eigenvalue weighted by Crippen LogP contribution is -2.44. The Balaban J connectivity index is 2.17. The van der Waals surface area contributed by atoms with Crippen LogP contribution in [0, 0.1) is 0 Å². The maximum absolute atomic E-state index is 10.7. The van der Waals surface area contributed by atoms with Gasteiger partial charge in [-0.25, -0.2) is 4.99 Å². The number of benzene rings is 1. The molecule has 0 bridgehead atoms. The van der Waals surface area contributed by atoms with Crippen molar-refractivity contribution in [2.24, 2.45) is 4.99 Å². The van der Waals surface area contributed by atoms with E-state index in [9.17, 15) is 5.11 Å². The molecule has 1 aromatic heterocycles. The highest BCUT2D eigenvalue weighted by molar-refractivity contribution is 7.10. The molecule has 0 amide bonds. The van der Waals surface area contributed by atoms with Crippen LogP contribution in [0.25, 0.3) is 0 Å². The largest absolute Gasteiger partial charge is 0.493 e. The molecule has 0 spiro atoms. The van der Waals surface area contributed by atoms with E-state index in [0.29, 0.717) is 31.2 Å². The van der Waals surface area contributed by atoms with E-state index in [1.165, 1.54) is 11.3 Å². The summed E-state index contributed by atoms with van der Waals surface area (Å²) in [7, 11) is 3.26. The van der Waals surface area contributed by atoms with Crippen LogP contribution in [0.4, 0.5) is 0 Å². The standard InChI is InChI=1S/C22H31N3O3S/c1-6-9-17-12-16(13-18(27-4)20(17)28-5)14-24-21(23-7-2)25-15-22(3,26)19-10-8-11-29-19/h6,8,10-13,26H,1,7,9,14-15H2,2-5H3,(H2,23,24,25). The number of hydrogen-bond acceptors (Lipinski definition) is 5. The second-order valence-electron chi connectivity index (χ2n) is 6.78. The van der Waals surface area contributed by atoms with E-state index in [0.717, 1.165) is 28.3 Å². The number of allylic oxidation sites excluding steroid dienone is 1. The zero-order valence-electron chi connectivity index (χ0n) is 17.6. The Hall–Kier alpha value is -2.51. The maximum atomic E-state index is 10.7. The molecule has 1 unspecified atom stereocenters. The van der Waals surface area contributed by atoms with Gasteiger partial charge in [0.15, 0.2) is 17.5 Å². The van der Waals surface area contributed by atoms with Gasteiger partial charge in [0.05, 0.1) is 27.3 Å². The number of aliphatic imine (C=N–C) groups is 1. The molecule has 6 nitrogen and oxygen atoms in total. The summed E-state index contributed by atoms with van der Waals surface area (Å²) in [5, 5.41) is 19.1. The molecule has 0 aliphatic heterocycles. The number of guanidine groups is 1. The van der Waals surface area contributed by atoms with E-state index in [-0.39, 0.29) is 0 Å². The summed E-state index contributed by atoms with van der Waals surface area (Å²) in [5.41, 5.74) is 1.04. The number of hydrogen-bond donors (Lipinski definition) is 3. The van der Waals surface area contributed by atoms with Crippen molar-refractivity contribution in [3.8, 4) is 11.5 Å². The van der Waals surface area contributed by atoms with Crippen LogP contribution in [0.3, 0.4) is 0 Å². The summed E-state index contributed by atoms with van der Waals surface area (Å²) in [5.74, 6) is 2.04. The van der Waals surface area contributed by atoms with Crippen LogP contribution >= 0.6 is 11.3 Å². The van der Waals surface area contributed by atoms with Crippen molar-refractivity contribution >= 4 is 17.3 Å². The van der Waals surface area contributed by atoms with Crippen LogP contribution in [0.5, 0.6) is 11.5 Å². The third-order valence-electron chi connectivity index (χ3n) is 4.40. The molecule has 0 radical (unpaired) electrons. The van der Waals surface area contributed by atoms with E-state index >= 15 is 0 Å². The van der Waals surface area contributed by atoms with Crippen LogP contribution in [0.1, 0.15) is 29.9 Å². The summed E-state index contributed by atoms with van der Waals surface area (Å²) in [6.45, 7) is 9.16. The molecule has 1 aromatic carbocycles. The van der Waals surface area contributed by atoms with Gasteiger partial charge in [-0.3, -0.25) is 0 Å². The molecule has 0 aliphatic rings. The van der Waals surface area contributed by atoms with Crippen molar-refractivity contribution in [1.29, 1.82) is 0 Å². The number of rotatable bonds is 10. The lowest BCUT2D eigenvalue weighted by atomic mass is 10.1. The Morgan fingerprint density at radius 3 is 2.69 bits per heavy atom. The minimum Gasteiger partial charge on any atom is -0.493 e. The fourth-order valence-electron chi connectivity index (χ4n) is 2.94. The molecular formula is C22H31N3O3S. The van der Waals surface area contributed by atoms with Gasteiger partial charge in [-0.15, -0.1) is 17.9 Å². The molecule has 1 heterocycles. The van der Waals surface area contributed by atoms with Gasteiger partial charge < -0.3 is 25.2 Å². The molecule has 29 heavy (non-hydrogen) atoms. The summed E-state index contributed by atoms with van der Waals surface area (Å²) >= 11 is 1.53. The Labute approximate surface area is 177 Å². The molecule has 0 saturated heterocycles. The van der Waals surface area contributed by atoms with E-state index in [1.54, 1.807) is 21.1 Å². The Kier molecular flexibility index (Phi) is 8.54. The van der Waals surface area contributed by atoms with Crippen molar-refractivity contribution in [2.75, 3.05) is 27.3 Å². The second-order valence-corrected chi connectivity index (χ2v) is 7.73. The summed E-state index contributed by atoms with van der Waals surface area (Å²) in [6, 6.07) is 7.85. The first-order chi connectivity index (χ1) is 13.9. The summed E-state index contributed by atoms with van der Waals surface area (Å²) in [6.07, 6.45) is 2.52. The van der Waals surface area contributed by atoms with E-state index in [1.807, 2.05) is 36.6 Å². The average molecular weight is 418 g/mol. The fourth-order valence-corrected chi connectivity index (χ4v) is 3.73. The van der Waals surface area contributed by atoms with E-state index in [4.69, 9.17) is 9.47 Å². The smallest absolute Gasteiger partial charge is 0.191 e. The third-order valence-corrected chi connectivity index (χ3v) is 5.52. The second kappa shape index (κ2) is 10.9. The number of nitrogens with one attached hydrogen (secondary N) is 2. The van der Waals surface area contributed by atoms with Crippen LogP contribution in [-0.4, -0.2) is 38.4 Å². The van der Waals surface area contributed by atoms with Crippen molar-refractivity contribution in [3.63, 3.8) is 0 Å². The van der Waals surface area contributed by atoms with Gasteiger partial charge in [0.25, 0.3) is 0 Å². The minimum atomic E-state index is -0.967. The zero-order chi connectivity index (χ0) is 21.3. The van der Waals surface area contributed by atoms with Crippen LogP contribution < -0.4 is 20.1 Å². The van der Waals surface area contributed by atoms with Gasteiger partial charge in [-0.1, -0.05) is 12.1 Å². The van der Waals surface area contributed by atoms with Gasteiger partial charge in [0, 0.05) is 17.0 Å². The zero-order valence-corrected chi connectivity index (χ0v) is 18.4. The predicted molar refractivity (Wildman–Crippen MR) is 120 cm³/mol. The van der Waals surface area contributed by atoms with E-state index in [2.05, 4.69) is 28.3 Å². The average Bonchev–Trinajstić information content (AvgIpc) is 3.26. The molecule has 2 aromatic rings. The molecule has 158 valence electrons. The van der Waals surface area contributed by atoms with Gasteiger partial charge in [0.2, 0.25) is 0 Å². The van der Waals surface area contributed by atoms with Crippen LogP contribution in [0.15, 0.2) is 47.3 Å². The molecule has 0 fully saturated rings. The van der Waals surface area contributed by atoms with Gasteiger partial charge >= 0.3 is 0 Å². The Bertz CT molecular complexity index is 817. The molecule has 0 saturated carbocycles. The van der Waals surface area contributed by atoms with Gasteiger partial charge in [-0.2, -0.15) is 0 Å². The van der Waals surface area contributed by atoms with E-state index < -0.39 is 5.60 Å². The molecule has 2 rings (SSSR count). The Morgan fingerprint density at radius 1 is 1.31 bits per heavy atom. The molecule has 7 heteroatoms. The first-order valence-electron chi connectivity index (χ1n) is 9.58.